The summed E-state index contributed by atoms with van der Waals surface area (Å²) in [4.78, 5) is 7.04. The summed E-state index contributed by atoms with van der Waals surface area (Å²) in [6.45, 7) is 1.37. The second-order valence-corrected chi connectivity index (χ2v) is 10.1. The minimum Gasteiger partial charge on any atom is -0.506 e. The highest BCUT2D eigenvalue weighted by molar-refractivity contribution is 6.09. The maximum Gasteiger partial charge on any atom is 0.142 e. The number of nitrogens with zero attached hydrogens (tertiary/aromatic N) is 4. The van der Waals surface area contributed by atoms with Crippen LogP contribution in [0.5, 0.6) is 5.75 Å². The summed E-state index contributed by atoms with van der Waals surface area (Å²) in [5.74, 6) is -1.41. The first kappa shape index (κ1) is 23.4. The number of benzene rings is 2. The molecule has 2 fully saturated rings. The van der Waals surface area contributed by atoms with E-state index in [0.717, 1.165) is 60.5 Å². The highest BCUT2D eigenvalue weighted by Gasteiger charge is 2.30. The van der Waals surface area contributed by atoms with Crippen LogP contribution < -0.4 is 10.6 Å². The third kappa shape index (κ3) is 4.00. The molecule has 6 rings (SSSR count). The van der Waals surface area contributed by atoms with Gasteiger partial charge in [-0.1, -0.05) is 12.1 Å². The van der Waals surface area contributed by atoms with E-state index in [-0.39, 0.29) is 23.4 Å². The molecule has 1 saturated carbocycles. The third-order valence-corrected chi connectivity index (χ3v) is 7.76. The number of rotatable bonds is 4. The molecule has 0 bridgehead atoms. The summed E-state index contributed by atoms with van der Waals surface area (Å²) in [5.41, 5.74) is 10.3. The summed E-state index contributed by atoms with van der Waals surface area (Å²) in [6.07, 6.45) is 8.47. The molecule has 1 aliphatic heterocycles. The highest BCUT2D eigenvalue weighted by atomic mass is 19.1. The van der Waals surface area contributed by atoms with E-state index in [1.165, 1.54) is 12.1 Å². The second kappa shape index (κ2) is 9.16. The standard InChI is InChI=1S/C29H27F2N5O/c30-19-11-18(12-20(31)13-19)24-15-34-29-26(27(24)35-9-7-21(33)8-10-35)25(16-36(29)22-4-2-5-22)23-6-1-3-17(14-32)28(23)37/h1,3,6,11-13,15-16,21-22,37H,2,4-5,7-10,33H2. The van der Waals surface area contributed by atoms with Crippen molar-refractivity contribution >= 4 is 16.7 Å². The fourth-order valence-corrected chi connectivity index (χ4v) is 5.57. The van der Waals surface area contributed by atoms with Crippen LogP contribution in [0.3, 0.4) is 0 Å². The van der Waals surface area contributed by atoms with Gasteiger partial charge in [-0.05, 0) is 55.9 Å². The van der Waals surface area contributed by atoms with Crippen LogP contribution in [0.15, 0.2) is 48.8 Å². The van der Waals surface area contributed by atoms with Crippen LogP contribution in [0.4, 0.5) is 14.5 Å². The number of hydrogen-bond acceptors (Lipinski definition) is 5. The number of phenols is 1. The topological polar surface area (TPSA) is 91.1 Å². The van der Waals surface area contributed by atoms with Gasteiger partial charge in [0.1, 0.15) is 29.1 Å². The van der Waals surface area contributed by atoms with Gasteiger partial charge in [-0.25, -0.2) is 13.8 Å². The fourth-order valence-electron chi connectivity index (χ4n) is 5.57. The minimum atomic E-state index is -0.659. The average molecular weight is 500 g/mol. The molecule has 0 unspecified atom stereocenters. The predicted molar refractivity (Wildman–Crippen MR) is 139 cm³/mol. The molecule has 6 nitrogen and oxygen atoms in total. The van der Waals surface area contributed by atoms with Crippen LogP contribution in [0.1, 0.15) is 43.7 Å². The number of aromatic nitrogens is 2. The van der Waals surface area contributed by atoms with Crippen molar-refractivity contribution in [1.29, 1.82) is 5.26 Å². The van der Waals surface area contributed by atoms with E-state index >= 15 is 0 Å². The van der Waals surface area contributed by atoms with E-state index in [1.54, 1.807) is 24.4 Å². The highest BCUT2D eigenvalue weighted by Crippen LogP contribution is 2.47. The predicted octanol–water partition coefficient (Wildman–Crippen LogP) is 5.88. The molecule has 4 aromatic rings. The first-order valence-electron chi connectivity index (χ1n) is 12.7. The molecule has 1 saturated heterocycles. The molecule has 2 aliphatic rings. The molecule has 0 amide bonds. The number of fused-ring (bicyclic) bond motifs is 1. The molecule has 2 aromatic carbocycles. The van der Waals surface area contributed by atoms with E-state index in [2.05, 4.69) is 15.5 Å². The van der Waals surface area contributed by atoms with E-state index in [1.807, 2.05) is 6.20 Å². The van der Waals surface area contributed by atoms with Gasteiger partial charge in [0.2, 0.25) is 0 Å². The number of nitriles is 1. The number of halogens is 2. The Balaban J connectivity index is 1.69. The lowest BCUT2D eigenvalue weighted by Crippen LogP contribution is -2.40. The van der Waals surface area contributed by atoms with Crippen molar-refractivity contribution in [1.82, 2.24) is 9.55 Å². The largest absolute Gasteiger partial charge is 0.506 e. The molecule has 188 valence electrons. The molecule has 0 radical (unpaired) electrons. The van der Waals surface area contributed by atoms with Crippen molar-refractivity contribution in [3.63, 3.8) is 0 Å². The normalized spacial score (nSPS) is 16.6. The summed E-state index contributed by atoms with van der Waals surface area (Å²) < 4.78 is 30.8. The lowest BCUT2D eigenvalue weighted by Gasteiger charge is -2.34. The zero-order valence-corrected chi connectivity index (χ0v) is 20.3. The fraction of sp³-hybridized carbons (Fsp3) is 0.310. The lowest BCUT2D eigenvalue weighted by atomic mass is 9.93. The molecular formula is C29H27F2N5O. The average Bonchev–Trinajstić information content (AvgIpc) is 3.21. The molecule has 0 spiro atoms. The van der Waals surface area contributed by atoms with Crippen LogP contribution in [-0.4, -0.2) is 33.8 Å². The van der Waals surface area contributed by atoms with Gasteiger partial charge < -0.3 is 20.3 Å². The van der Waals surface area contributed by atoms with Crippen molar-refractivity contribution in [3.05, 3.63) is 66.0 Å². The zero-order chi connectivity index (χ0) is 25.7. The van der Waals surface area contributed by atoms with Crippen LogP contribution in [-0.2, 0) is 0 Å². The first-order valence-corrected chi connectivity index (χ1v) is 12.7. The Morgan fingerprint density at radius 2 is 1.73 bits per heavy atom. The molecule has 37 heavy (non-hydrogen) atoms. The molecule has 8 heteroatoms. The number of anilines is 1. The van der Waals surface area contributed by atoms with Crippen molar-refractivity contribution in [2.24, 2.45) is 5.73 Å². The first-order chi connectivity index (χ1) is 17.9. The number of hydrogen-bond donors (Lipinski definition) is 2. The van der Waals surface area contributed by atoms with Gasteiger partial charge in [0, 0.05) is 60.3 Å². The summed E-state index contributed by atoms with van der Waals surface area (Å²) in [6, 6.07) is 11.1. The third-order valence-electron chi connectivity index (χ3n) is 7.76. The quantitative estimate of drug-likeness (QED) is 0.366. The lowest BCUT2D eigenvalue weighted by molar-refractivity contribution is 0.320. The van der Waals surface area contributed by atoms with Crippen molar-refractivity contribution < 1.29 is 13.9 Å². The molecule has 1 aliphatic carbocycles. The van der Waals surface area contributed by atoms with E-state index in [4.69, 9.17) is 10.7 Å². The Kier molecular flexibility index (Phi) is 5.81. The van der Waals surface area contributed by atoms with Crippen molar-refractivity contribution in [2.45, 2.75) is 44.2 Å². The number of pyridine rings is 1. The summed E-state index contributed by atoms with van der Waals surface area (Å²) in [7, 11) is 0. The monoisotopic (exact) mass is 499 g/mol. The zero-order valence-electron chi connectivity index (χ0n) is 20.3. The number of piperidine rings is 1. The van der Waals surface area contributed by atoms with Gasteiger partial charge in [0.25, 0.3) is 0 Å². The van der Waals surface area contributed by atoms with Gasteiger partial charge in [-0.3, -0.25) is 0 Å². The van der Waals surface area contributed by atoms with Crippen LogP contribution in [0, 0.1) is 23.0 Å². The maximum atomic E-state index is 14.3. The second-order valence-electron chi connectivity index (χ2n) is 10.1. The van der Waals surface area contributed by atoms with E-state index in [0.29, 0.717) is 29.8 Å². The Labute approximate surface area is 213 Å². The molecule has 3 heterocycles. The number of phenolic OH excluding ortho intramolecular Hbond substituents is 1. The van der Waals surface area contributed by atoms with E-state index < -0.39 is 11.6 Å². The summed E-state index contributed by atoms with van der Waals surface area (Å²) in [5, 5.41) is 21.4. The minimum absolute atomic E-state index is 0.0912. The SMILES string of the molecule is N#Cc1cccc(-c2cn(C3CCC3)c3ncc(-c4cc(F)cc(F)c4)c(N4CCC(N)CC4)c23)c1O. The Bertz CT molecular complexity index is 1520. The number of nitrogens with two attached hydrogens (primary N) is 1. The molecule has 3 N–H and O–H groups in total. The van der Waals surface area contributed by atoms with Crippen LogP contribution in [0.25, 0.3) is 33.3 Å². The summed E-state index contributed by atoms with van der Waals surface area (Å²) >= 11 is 0. The number of para-hydroxylation sites is 1. The van der Waals surface area contributed by atoms with Crippen LogP contribution >= 0.6 is 0 Å². The van der Waals surface area contributed by atoms with Gasteiger partial charge in [-0.2, -0.15) is 5.26 Å². The van der Waals surface area contributed by atoms with Crippen molar-refractivity contribution in [3.8, 4) is 34.1 Å². The Morgan fingerprint density at radius 1 is 1.00 bits per heavy atom. The van der Waals surface area contributed by atoms with Gasteiger partial charge in [0.15, 0.2) is 0 Å². The van der Waals surface area contributed by atoms with Crippen LogP contribution in [0.2, 0.25) is 0 Å². The smallest absolute Gasteiger partial charge is 0.142 e. The van der Waals surface area contributed by atoms with E-state index in [9.17, 15) is 19.1 Å². The molecular weight excluding hydrogens is 472 g/mol. The Morgan fingerprint density at radius 3 is 2.38 bits per heavy atom. The van der Waals surface area contributed by atoms with Gasteiger partial charge in [-0.15, -0.1) is 0 Å². The van der Waals surface area contributed by atoms with Crippen molar-refractivity contribution in [2.75, 3.05) is 18.0 Å². The van der Waals surface area contributed by atoms with Gasteiger partial charge >= 0.3 is 0 Å². The molecule has 0 atom stereocenters. The van der Waals surface area contributed by atoms with Gasteiger partial charge in [0.05, 0.1) is 16.6 Å². The molecule has 2 aromatic heterocycles. The number of aromatic hydroxyl groups is 1. The maximum absolute atomic E-state index is 14.3. The Hall–Kier alpha value is -3.96.